The van der Waals surface area contributed by atoms with Crippen molar-refractivity contribution >= 4 is 29.2 Å². The maximum atomic E-state index is 11.6. The van der Waals surface area contributed by atoms with Crippen LogP contribution >= 0.6 is 23.2 Å². The van der Waals surface area contributed by atoms with E-state index in [0.717, 1.165) is 45.7 Å². The molecule has 9 heteroatoms. The predicted octanol–water partition coefficient (Wildman–Crippen LogP) is 2.06. The molecule has 2 fully saturated rings. The lowest BCUT2D eigenvalue weighted by Crippen LogP contribution is -2.41. The van der Waals surface area contributed by atoms with Gasteiger partial charge >= 0.3 is 12.0 Å². The predicted molar refractivity (Wildman–Crippen MR) is 87.8 cm³/mol. The molecule has 24 heavy (non-hydrogen) atoms. The lowest BCUT2D eigenvalue weighted by Gasteiger charge is -2.30. The van der Waals surface area contributed by atoms with Gasteiger partial charge in [-0.2, -0.15) is 9.97 Å². The lowest BCUT2D eigenvalue weighted by atomic mass is 10.1. The number of carbonyl (C=O) groups is 1. The molecule has 132 valence electrons. The Balaban J connectivity index is 1.61. The Kier molecular flexibility index (Phi) is 5.44. The Labute approximate surface area is 150 Å². The molecule has 0 amide bonds. The third-order valence-electron chi connectivity index (χ3n) is 4.32. The van der Waals surface area contributed by atoms with Crippen molar-refractivity contribution in [2.24, 2.45) is 5.41 Å². The van der Waals surface area contributed by atoms with Crippen molar-refractivity contribution in [3.05, 3.63) is 15.9 Å². The molecule has 0 spiro atoms. The highest BCUT2D eigenvalue weighted by Gasteiger charge is 2.45. The summed E-state index contributed by atoms with van der Waals surface area (Å²) in [6.07, 6.45) is 2.21. The molecule has 0 bridgehead atoms. The summed E-state index contributed by atoms with van der Waals surface area (Å²) in [5.74, 6) is -0.678. The van der Waals surface area contributed by atoms with Gasteiger partial charge in [-0.25, -0.2) is 4.79 Å². The van der Waals surface area contributed by atoms with Gasteiger partial charge in [-0.05, 0) is 12.8 Å². The minimum absolute atomic E-state index is 0.0531. The number of hydrogen-bond donors (Lipinski definition) is 0. The van der Waals surface area contributed by atoms with E-state index in [4.69, 9.17) is 32.7 Å². The zero-order chi connectivity index (χ0) is 17.2. The minimum atomic E-state index is -0.678. The largest absolute Gasteiger partial charge is 0.465 e. The van der Waals surface area contributed by atoms with Crippen LogP contribution in [-0.2, 0) is 9.47 Å². The first kappa shape index (κ1) is 17.7. The van der Waals surface area contributed by atoms with Crippen LogP contribution < -0.4 is 4.74 Å². The molecular formula is C15H19Cl2N3O4. The van der Waals surface area contributed by atoms with E-state index in [9.17, 15) is 4.79 Å². The molecule has 3 rings (SSSR count). The van der Waals surface area contributed by atoms with Crippen LogP contribution in [0, 0.1) is 5.41 Å². The number of morpholine rings is 1. The molecule has 2 aliphatic rings. The fraction of sp³-hybridized carbons (Fsp3) is 0.667. The highest BCUT2D eigenvalue weighted by molar-refractivity contribution is 6.37. The highest BCUT2D eigenvalue weighted by atomic mass is 35.5. The Morgan fingerprint density at radius 1 is 1.25 bits per heavy atom. The first-order chi connectivity index (χ1) is 11.5. The lowest BCUT2D eigenvalue weighted by molar-refractivity contribution is 0.0231. The molecule has 7 nitrogen and oxygen atoms in total. The number of esters is 1. The number of hydrogen-bond acceptors (Lipinski definition) is 7. The number of rotatable bonds is 6. The summed E-state index contributed by atoms with van der Waals surface area (Å²) in [5, 5.41) is -0.148. The van der Waals surface area contributed by atoms with Crippen LogP contribution in [0.25, 0.3) is 0 Å². The summed E-state index contributed by atoms with van der Waals surface area (Å²) in [6, 6.07) is 0.0749. The molecule has 1 saturated carbocycles. The number of methoxy groups -OCH3 is 1. The third kappa shape index (κ3) is 4.08. The van der Waals surface area contributed by atoms with Gasteiger partial charge in [-0.3, -0.25) is 4.90 Å². The maximum absolute atomic E-state index is 11.6. The van der Waals surface area contributed by atoms with Crippen LogP contribution in [0.1, 0.15) is 23.2 Å². The van der Waals surface area contributed by atoms with Crippen molar-refractivity contribution in [2.75, 3.05) is 46.6 Å². The van der Waals surface area contributed by atoms with Gasteiger partial charge in [0.25, 0.3) is 0 Å². The summed E-state index contributed by atoms with van der Waals surface area (Å²) in [7, 11) is 1.24. The van der Waals surface area contributed by atoms with Crippen LogP contribution in [0.5, 0.6) is 6.01 Å². The number of ether oxygens (including phenoxy) is 3. The summed E-state index contributed by atoms with van der Waals surface area (Å²) >= 11 is 12.0. The van der Waals surface area contributed by atoms with E-state index >= 15 is 0 Å². The van der Waals surface area contributed by atoms with E-state index in [2.05, 4.69) is 19.6 Å². The number of aromatic nitrogens is 2. The number of nitrogens with zero attached hydrogens (tertiary/aromatic N) is 3. The highest BCUT2D eigenvalue weighted by Crippen LogP contribution is 2.46. The van der Waals surface area contributed by atoms with Crippen LogP contribution in [0.4, 0.5) is 0 Å². The van der Waals surface area contributed by atoms with Crippen LogP contribution in [-0.4, -0.2) is 67.4 Å². The van der Waals surface area contributed by atoms with Gasteiger partial charge in [0.2, 0.25) is 0 Å². The second-order valence-corrected chi connectivity index (χ2v) is 6.85. The van der Waals surface area contributed by atoms with Crippen molar-refractivity contribution in [3.63, 3.8) is 0 Å². The van der Waals surface area contributed by atoms with E-state index in [0.29, 0.717) is 6.61 Å². The fourth-order valence-electron chi connectivity index (χ4n) is 2.70. The molecule has 1 aromatic heterocycles. The van der Waals surface area contributed by atoms with E-state index in [1.165, 1.54) is 7.11 Å². The van der Waals surface area contributed by atoms with E-state index in [1.807, 2.05) is 0 Å². The molecular weight excluding hydrogens is 357 g/mol. The molecule has 0 unspecified atom stereocenters. The molecule has 1 aliphatic carbocycles. The SMILES string of the molecule is COC(=O)c1c(Cl)nc(OCC2(CN3CCOCC3)CC2)nc1Cl. The van der Waals surface area contributed by atoms with Crippen molar-refractivity contribution < 1.29 is 19.0 Å². The molecule has 0 atom stereocenters. The first-order valence-electron chi connectivity index (χ1n) is 7.77. The van der Waals surface area contributed by atoms with E-state index in [-0.39, 0.29) is 27.3 Å². The topological polar surface area (TPSA) is 73.8 Å². The summed E-state index contributed by atoms with van der Waals surface area (Å²) in [6.45, 7) is 4.92. The molecule has 0 aromatic carbocycles. The van der Waals surface area contributed by atoms with Gasteiger partial charge in [0.15, 0.2) is 10.3 Å². The summed E-state index contributed by atoms with van der Waals surface area (Å²) in [4.78, 5) is 22.0. The van der Waals surface area contributed by atoms with Crippen molar-refractivity contribution in [3.8, 4) is 6.01 Å². The Bertz CT molecular complexity index is 596. The third-order valence-corrected chi connectivity index (χ3v) is 4.86. The first-order valence-corrected chi connectivity index (χ1v) is 8.53. The fourth-order valence-corrected chi connectivity index (χ4v) is 3.23. The van der Waals surface area contributed by atoms with Gasteiger partial charge < -0.3 is 14.2 Å². The average Bonchev–Trinajstić information content (AvgIpc) is 3.33. The van der Waals surface area contributed by atoms with Crippen molar-refractivity contribution in [1.82, 2.24) is 14.9 Å². The van der Waals surface area contributed by atoms with Gasteiger partial charge in [0.1, 0.15) is 5.56 Å². The normalized spacial score (nSPS) is 19.8. The summed E-state index contributed by atoms with van der Waals surface area (Å²) < 4.78 is 15.7. The molecule has 0 N–H and O–H groups in total. The van der Waals surface area contributed by atoms with E-state index in [1.54, 1.807) is 0 Å². The second-order valence-electron chi connectivity index (χ2n) is 6.13. The Hall–Kier alpha value is -1.15. The van der Waals surface area contributed by atoms with Gasteiger partial charge in [-0.15, -0.1) is 0 Å². The molecule has 0 radical (unpaired) electrons. The Morgan fingerprint density at radius 3 is 2.42 bits per heavy atom. The van der Waals surface area contributed by atoms with Gasteiger partial charge in [0, 0.05) is 25.0 Å². The standard InChI is InChI=1S/C15H19Cl2N3O4/c1-22-13(21)10-11(16)18-14(19-12(10)17)24-9-15(2-3-15)8-20-4-6-23-7-5-20/h2-9H2,1H3. The van der Waals surface area contributed by atoms with Crippen molar-refractivity contribution in [1.29, 1.82) is 0 Å². The summed E-state index contributed by atoms with van der Waals surface area (Å²) in [5.41, 5.74) is 0.0726. The number of halogens is 2. The molecule has 1 aromatic rings. The quantitative estimate of drug-likeness (QED) is 0.556. The van der Waals surface area contributed by atoms with Crippen LogP contribution in [0.3, 0.4) is 0 Å². The molecule has 2 heterocycles. The van der Waals surface area contributed by atoms with Gasteiger partial charge in [0.05, 0.1) is 26.9 Å². The minimum Gasteiger partial charge on any atom is -0.465 e. The molecule has 1 aliphatic heterocycles. The zero-order valence-corrected chi connectivity index (χ0v) is 14.9. The second kappa shape index (κ2) is 7.39. The monoisotopic (exact) mass is 375 g/mol. The number of carbonyl (C=O) groups excluding carboxylic acids is 1. The molecule has 1 saturated heterocycles. The average molecular weight is 376 g/mol. The van der Waals surface area contributed by atoms with Crippen molar-refractivity contribution in [2.45, 2.75) is 12.8 Å². The Morgan fingerprint density at radius 2 is 1.88 bits per heavy atom. The van der Waals surface area contributed by atoms with E-state index < -0.39 is 5.97 Å². The maximum Gasteiger partial charge on any atom is 0.344 e. The smallest absolute Gasteiger partial charge is 0.344 e. The zero-order valence-electron chi connectivity index (χ0n) is 13.4. The van der Waals surface area contributed by atoms with Crippen LogP contribution in [0.15, 0.2) is 0 Å². The van der Waals surface area contributed by atoms with Crippen LogP contribution in [0.2, 0.25) is 10.3 Å². The van der Waals surface area contributed by atoms with Gasteiger partial charge in [-0.1, -0.05) is 23.2 Å².